The first-order valence-corrected chi connectivity index (χ1v) is 9.72. The number of anilines is 3. The van der Waals surface area contributed by atoms with Crippen molar-refractivity contribution in [1.82, 2.24) is 4.98 Å². The molecular weight excluding hydrogens is 340 g/mol. The van der Waals surface area contributed by atoms with Gasteiger partial charge >= 0.3 is 0 Å². The topological polar surface area (TPSA) is 40.2 Å². The van der Waals surface area contributed by atoms with Crippen LogP contribution in [0.25, 0.3) is 0 Å². The molecule has 0 bridgehead atoms. The van der Waals surface area contributed by atoms with Crippen molar-refractivity contribution in [3.63, 3.8) is 0 Å². The summed E-state index contributed by atoms with van der Waals surface area (Å²) in [6.07, 6.45) is 4.08. The molecule has 2 aromatic rings. The molecule has 2 N–H and O–H groups in total. The van der Waals surface area contributed by atoms with Crippen LogP contribution in [0.4, 0.5) is 17.2 Å². The van der Waals surface area contributed by atoms with Crippen LogP contribution >= 0.6 is 12.2 Å². The molecule has 0 unspecified atom stereocenters. The Bertz CT molecular complexity index is 728. The van der Waals surface area contributed by atoms with Crippen LogP contribution in [0.2, 0.25) is 0 Å². The summed E-state index contributed by atoms with van der Waals surface area (Å²) >= 11 is 5.51. The van der Waals surface area contributed by atoms with E-state index in [0.717, 1.165) is 37.4 Å². The van der Waals surface area contributed by atoms with Crippen molar-refractivity contribution in [2.75, 3.05) is 28.6 Å². The van der Waals surface area contributed by atoms with Crippen LogP contribution in [-0.4, -0.2) is 23.2 Å². The third kappa shape index (κ3) is 5.43. The number of hydrogen-bond acceptors (Lipinski definition) is 3. The van der Waals surface area contributed by atoms with Crippen molar-refractivity contribution in [2.24, 2.45) is 0 Å². The van der Waals surface area contributed by atoms with Crippen LogP contribution < -0.4 is 15.5 Å². The van der Waals surface area contributed by atoms with E-state index in [9.17, 15) is 0 Å². The Labute approximate surface area is 163 Å². The lowest BCUT2D eigenvalue weighted by Crippen LogP contribution is -2.25. The number of aryl methyl sites for hydroxylation is 3. The molecule has 0 radical (unpaired) electrons. The number of hydrogen-bond donors (Lipinski definition) is 2. The van der Waals surface area contributed by atoms with E-state index in [1.807, 2.05) is 6.20 Å². The Balaban J connectivity index is 2.11. The van der Waals surface area contributed by atoms with Crippen molar-refractivity contribution >= 4 is 34.5 Å². The van der Waals surface area contributed by atoms with E-state index in [0.29, 0.717) is 5.11 Å². The first-order chi connectivity index (χ1) is 12.4. The molecule has 0 saturated carbocycles. The van der Waals surface area contributed by atoms with Crippen molar-refractivity contribution < 1.29 is 0 Å². The van der Waals surface area contributed by atoms with Gasteiger partial charge in [-0.15, -0.1) is 0 Å². The summed E-state index contributed by atoms with van der Waals surface area (Å²) in [5.74, 6) is 0.764. The van der Waals surface area contributed by atoms with Crippen LogP contribution in [0.1, 0.15) is 43.4 Å². The zero-order valence-corrected chi connectivity index (χ0v) is 17.3. The quantitative estimate of drug-likeness (QED) is 0.635. The largest absolute Gasteiger partial charge is 0.371 e. The molecule has 0 spiro atoms. The van der Waals surface area contributed by atoms with E-state index in [1.165, 1.54) is 22.4 Å². The summed E-state index contributed by atoms with van der Waals surface area (Å²) in [7, 11) is 0. The van der Waals surface area contributed by atoms with Crippen LogP contribution in [0.5, 0.6) is 0 Å². The average molecular weight is 371 g/mol. The first kappa shape index (κ1) is 20.2. The summed E-state index contributed by atoms with van der Waals surface area (Å²) in [4.78, 5) is 6.80. The number of benzene rings is 1. The number of pyridine rings is 1. The molecule has 1 aromatic carbocycles. The molecule has 1 heterocycles. The maximum Gasteiger partial charge on any atom is 0.176 e. The van der Waals surface area contributed by atoms with Gasteiger partial charge in [-0.2, -0.15) is 0 Å². The molecule has 0 saturated heterocycles. The number of nitrogens with one attached hydrogen (secondary N) is 2. The van der Waals surface area contributed by atoms with E-state index in [-0.39, 0.29) is 0 Å². The highest BCUT2D eigenvalue weighted by Crippen LogP contribution is 2.23. The number of rotatable bonds is 7. The molecule has 5 heteroatoms. The minimum atomic E-state index is 0.558. The zero-order valence-electron chi connectivity index (χ0n) is 16.5. The standard InChI is InChI=1S/C21H30N4S/c1-6-10-25(11-7-2)18-8-9-22-19(14-18)23-21(26)24-20-16(4)12-15(3)13-17(20)5/h8-9,12-14H,6-7,10-11H2,1-5H3,(H2,22,23,24,26). The fourth-order valence-electron chi connectivity index (χ4n) is 3.23. The van der Waals surface area contributed by atoms with Gasteiger partial charge in [0, 0.05) is 36.7 Å². The van der Waals surface area contributed by atoms with Crippen molar-refractivity contribution in [3.8, 4) is 0 Å². The third-order valence-corrected chi connectivity index (χ3v) is 4.46. The van der Waals surface area contributed by atoms with E-state index in [2.05, 4.69) is 79.4 Å². The van der Waals surface area contributed by atoms with Gasteiger partial charge < -0.3 is 15.5 Å². The predicted molar refractivity (Wildman–Crippen MR) is 118 cm³/mol. The fraction of sp³-hybridized carbons (Fsp3) is 0.429. The molecule has 1 aromatic heterocycles. The highest BCUT2D eigenvalue weighted by atomic mass is 32.1. The second-order valence-electron chi connectivity index (χ2n) is 6.74. The van der Waals surface area contributed by atoms with Gasteiger partial charge in [-0.05, 0) is 63.0 Å². The Morgan fingerprint density at radius 1 is 1.00 bits per heavy atom. The second kappa shape index (κ2) is 9.53. The number of thiocarbonyl (C=S) groups is 1. The molecule has 0 aliphatic heterocycles. The first-order valence-electron chi connectivity index (χ1n) is 9.31. The van der Waals surface area contributed by atoms with Gasteiger partial charge in [-0.3, -0.25) is 0 Å². The Kier molecular flexibility index (Phi) is 7.39. The van der Waals surface area contributed by atoms with Gasteiger partial charge in [-0.1, -0.05) is 31.5 Å². The smallest absolute Gasteiger partial charge is 0.176 e. The Hall–Kier alpha value is -2.14. The molecule has 140 valence electrons. The highest BCUT2D eigenvalue weighted by molar-refractivity contribution is 7.80. The lowest BCUT2D eigenvalue weighted by Gasteiger charge is -2.24. The minimum absolute atomic E-state index is 0.558. The van der Waals surface area contributed by atoms with E-state index in [4.69, 9.17) is 12.2 Å². The Morgan fingerprint density at radius 2 is 1.62 bits per heavy atom. The average Bonchev–Trinajstić information content (AvgIpc) is 2.58. The molecule has 0 aliphatic rings. The molecule has 0 fully saturated rings. The van der Waals surface area contributed by atoms with Gasteiger partial charge in [0.25, 0.3) is 0 Å². The van der Waals surface area contributed by atoms with Crippen molar-refractivity contribution in [3.05, 3.63) is 47.2 Å². The van der Waals surface area contributed by atoms with Gasteiger partial charge in [0.1, 0.15) is 5.82 Å². The number of nitrogens with zero attached hydrogens (tertiary/aromatic N) is 2. The summed E-state index contributed by atoms with van der Waals surface area (Å²) in [6, 6.07) is 8.43. The molecule has 26 heavy (non-hydrogen) atoms. The molecule has 0 amide bonds. The normalized spacial score (nSPS) is 10.5. The van der Waals surface area contributed by atoms with Crippen molar-refractivity contribution in [1.29, 1.82) is 0 Å². The lowest BCUT2D eigenvalue weighted by molar-refractivity contribution is 0.744. The maximum absolute atomic E-state index is 5.51. The SMILES string of the molecule is CCCN(CCC)c1ccnc(NC(=S)Nc2c(C)cc(C)cc2C)c1. The Morgan fingerprint density at radius 3 is 2.19 bits per heavy atom. The summed E-state index contributed by atoms with van der Waals surface area (Å²) in [5, 5.41) is 7.10. The van der Waals surface area contributed by atoms with Gasteiger partial charge in [0.15, 0.2) is 5.11 Å². The van der Waals surface area contributed by atoms with Crippen molar-refractivity contribution in [2.45, 2.75) is 47.5 Å². The zero-order chi connectivity index (χ0) is 19.1. The summed E-state index contributed by atoms with van der Waals surface area (Å²) in [6.45, 7) is 12.8. The second-order valence-corrected chi connectivity index (χ2v) is 7.15. The molecule has 4 nitrogen and oxygen atoms in total. The molecule has 0 atom stereocenters. The lowest BCUT2D eigenvalue weighted by atomic mass is 10.1. The van der Waals surface area contributed by atoms with Crippen LogP contribution in [0.15, 0.2) is 30.5 Å². The predicted octanol–water partition coefficient (Wildman–Crippen LogP) is 5.44. The third-order valence-electron chi connectivity index (χ3n) is 4.25. The number of aromatic nitrogens is 1. The highest BCUT2D eigenvalue weighted by Gasteiger charge is 2.09. The molecule has 2 rings (SSSR count). The minimum Gasteiger partial charge on any atom is -0.371 e. The van der Waals surface area contributed by atoms with Gasteiger partial charge in [-0.25, -0.2) is 4.98 Å². The monoisotopic (exact) mass is 370 g/mol. The van der Waals surface area contributed by atoms with Crippen LogP contribution in [-0.2, 0) is 0 Å². The molecular formula is C21H30N4S. The van der Waals surface area contributed by atoms with Crippen LogP contribution in [0.3, 0.4) is 0 Å². The maximum atomic E-state index is 5.51. The van der Waals surface area contributed by atoms with Gasteiger partial charge in [0.05, 0.1) is 0 Å². The van der Waals surface area contributed by atoms with E-state index >= 15 is 0 Å². The molecule has 0 aliphatic carbocycles. The van der Waals surface area contributed by atoms with E-state index in [1.54, 1.807) is 0 Å². The van der Waals surface area contributed by atoms with E-state index < -0.39 is 0 Å². The van der Waals surface area contributed by atoms with Crippen LogP contribution in [0, 0.1) is 20.8 Å². The summed E-state index contributed by atoms with van der Waals surface area (Å²) < 4.78 is 0. The fourth-order valence-corrected chi connectivity index (χ4v) is 3.44. The summed E-state index contributed by atoms with van der Waals surface area (Å²) in [5.41, 5.74) is 5.86. The van der Waals surface area contributed by atoms with Gasteiger partial charge in [0.2, 0.25) is 0 Å².